The molecule has 1 aromatic carbocycles. The number of anilines is 1. The number of carbonyl (C=O) groups excluding carboxylic acids is 2. The van der Waals surface area contributed by atoms with E-state index < -0.39 is 10.8 Å². The molecule has 0 unspecified atom stereocenters. The molecule has 6 heteroatoms. The standard InChI is InChI=1S/C13H14N2O4/c1-9(16)12-3-2-8-14(13(12)17)10-4-6-11(7-5-10)15(18)19/h4-7,12H,2-3,8H2,1H3/t12-/m0/s1. The lowest BCUT2D eigenvalue weighted by atomic mass is 9.93. The van der Waals surface area contributed by atoms with E-state index in [-0.39, 0.29) is 17.4 Å². The molecule has 19 heavy (non-hydrogen) atoms. The fourth-order valence-corrected chi connectivity index (χ4v) is 2.26. The number of hydrogen-bond acceptors (Lipinski definition) is 4. The molecule has 1 heterocycles. The highest BCUT2D eigenvalue weighted by Gasteiger charge is 2.32. The molecule has 100 valence electrons. The zero-order valence-corrected chi connectivity index (χ0v) is 10.5. The first-order chi connectivity index (χ1) is 9.00. The van der Waals surface area contributed by atoms with E-state index in [0.29, 0.717) is 18.7 Å². The number of ketones is 1. The molecule has 0 aliphatic carbocycles. The summed E-state index contributed by atoms with van der Waals surface area (Å²) >= 11 is 0. The lowest BCUT2D eigenvalue weighted by Gasteiger charge is -2.31. The summed E-state index contributed by atoms with van der Waals surface area (Å²) in [6.07, 6.45) is 1.34. The Morgan fingerprint density at radius 3 is 2.53 bits per heavy atom. The molecule has 0 N–H and O–H groups in total. The number of benzene rings is 1. The first-order valence-electron chi connectivity index (χ1n) is 6.07. The Balaban J connectivity index is 2.23. The van der Waals surface area contributed by atoms with Gasteiger partial charge in [-0.25, -0.2) is 0 Å². The van der Waals surface area contributed by atoms with Gasteiger partial charge in [-0.15, -0.1) is 0 Å². The molecule has 1 aliphatic heterocycles. The van der Waals surface area contributed by atoms with Crippen LogP contribution in [0.4, 0.5) is 11.4 Å². The van der Waals surface area contributed by atoms with Gasteiger partial charge in [-0.1, -0.05) is 0 Å². The third-order valence-corrected chi connectivity index (χ3v) is 3.30. The zero-order chi connectivity index (χ0) is 14.0. The normalized spacial score (nSPS) is 19.3. The van der Waals surface area contributed by atoms with Gasteiger partial charge >= 0.3 is 0 Å². The summed E-state index contributed by atoms with van der Waals surface area (Å²) in [7, 11) is 0. The third kappa shape index (κ3) is 2.62. The second-order valence-electron chi connectivity index (χ2n) is 4.57. The van der Waals surface area contributed by atoms with Crippen LogP contribution >= 0.6 is 0 Å². The lowest BCUT2D eigenvalue weighted by Crippen LogP contribution is -2.43. The summed E-state index contributed by atoms with van der Waals surface area (Å²) in [5.41, 5.74) is 0.581. The molecule has 0 spiro atoms. The number of nitro groups is 1. The van der Waals surface area contributed by atoms with Gasteiger partial charge in [0.2, 0.25) is 5.91 Å². The average Bonchev–Trinajstić information content (AvgIpc) is 2.38. The van der Waals surface area contributed by atoms with Crippen LogP contribution in [0.2, 0.25) is 0 Å². The van der Waals surface area contributed by atoms with Gasteiger partial charge in [0.05, 0.1) is 10.8 Å². The molecular weight excluding hydrogens is 248 g/mol. The van der Waals surface area contributed by atoms with Crippen LogP contribution in [0.5, 0.6) is 0 Å². The topological polar surface area (TPSA) is 80.5 Å². The van der Waals surface area contributed by atoms with Gasteiger partial charge in [0.1, 0.15) is 5.78 Å². The van der Waals surface area contributed by atoms with Crippen LogP contribution in [-0.4, -0.2) is 23.2 Å². The molecule has 1 amide bonds. The van der Waals surface area contributed by atoms with Crippen LogP contribution in [0, 0.1) is 16.0 Å². The van der Waals surface area contributed by atoms with Crippen LogP contribution in [-0.2, 0) is 9.59 Å². The van der Waals surface area contributed by atoms with Gasteiger partial charge in [0, 0.05) is 24.4 Å². The predicted molar refractivity (Wildman–Crippen MR) is 68.9 cm³/mol. The minimum atomic E-state index is -0.580. The van der Waals surface area contributed by atoms with Gasteiger partial charge in [0.15, 0.2) is 0 Å². The monoisotopic (exact) mass is 262 g/mol. The number of Topliss-reactive ketones (excluding diaryl/α,β-unsaturated/α-hetero) is 1. The molecule has 1 saturated heterocycles. The molecule has 2 rings (SSSR count). The second kappa shape index (κ2) is 5.17. The van der Waals surface area contributed by atoms with E-state index in [1.165, 1.54) is 24.0 Å². The van der Waals surface area contributed by atoms with Crippen molar-refractivity contribution in [2.75, 3.05) is 11.4 Å². The van der Waals surface area contributed by atoms with Crippen molar-refractivity contribution in [1.82, 2.24) is 0 Å². The third-order valence-electron chi connectivity index (χ3n) is 3.30. The summed E-state index contributed by atoms with van der Waals surface area (Å²) in [5, 5.41) is 10.6. The number of non-ortho nitro benzene ring substituents is 1. The molecule has 0 bridgehead atoms. The highest BCUT2D eigenvalue weighted by molar-refractivity contribution is 6.08. The fraction of sp³-hybridized carbons (Fsp3) is 0.385. The van der Waals surface area contributed by atoms with Crippen molar-refractivity contribution in [3.63, 3.8) is 0 Å². The molecule has 0 radical (unpaired) electrons. The van der Waals surface area contributed by atoms with Gasteiger partial charge in [-0.2, -0.15) is 0 Å². The maximum atomic E-state index is 12.2. The van der Waals surface area contributed by atoms with Gasteiger partial charge in [-0.3, -0.25) is 19.7 Å². The van der Waals surface area contributed by atoms with Crippen molar-refractivity contribution in [3.05, 3.63) is 34.4 Å². The highest BCUT2D eigenvalue weighted by Crippen LogP contribution is 2.26. The minimum absolute atomic E-state index is 0.0173. The van der Waals surface area contributed by atoms with Crippen molar-refractivity contribution >= 4 is 23.1 Å². The summed E-state index contributed by atoms with van der Waals surface area (Å²) in [6.45, 7) is 1.96. The summed E-state index contributed by atoms with van der Waals surface area (Å²) in [6, 6.07) is 5.80. The fourth-order valence-electron chi connectivity index (χ4n) is 2.26. The van der Waals surface area contributed by atoms with E-state index in [2.05, 4.69) is 0 Å². The molecule has 1 aromatic rings. The van der Waals surface area contributed by atoms with Crippen molar-refractivity contribution in [3.8, 4) is 0 Å². The molecule has 0 aromatic heterocycles. The van der Waals surface area contributed by atoms with Crippen molar-refractivity contribution in [2.45, 2.75) is 19.8 Å². The Morgan fingerprint density at radius 2 is 2.00 bits per heavy atom. The lowest BCUT2D eigenvalue weighted by molar-refractivity contribution is -0.384. The van der Waals surface area contributed by atoms with Crippen molar-refractivity contribution in [1.29, 1.82) is 0 Å². The quantitative estimate of drug-likeness (QED) is 0.473. The van der Waals surface area contributed by atoms with E-state index >= 15 is 0 Å². The zero-order valence-electron chi connectivity index (χ0n) is 10.5. The Bertz CT molecular complexity index is 524. The van der Waals surface area contributed by atoms with Crippen LogP contribution in [0.15, 0.2) is 24.3 Å². The van der Waals surface area contributed by atoms with E-state index in [9.17, 15) is 19.7 Å². The first-order valence-corrected chi connectivity index (χ1v) is 6.07. The predicted octanol–water partition coefficient (Wildman–Crippen LogP) is 1.93. The number of hydrogen-bond donors (Lipinski definition) is 0. The van der Waals surface area contributed by atoms with Crippen LogP contribution in [0.25, 0.3) is 0 Å². The number of piperidine rings is 1. The number of nitrogens with zero attached hydrogens (tertiary/aromatic N) is 2. The van der Waals surface area contributed by atoms with Gasteiger partial charge in [0.25, 0.3) is 5.69 Å². The molecule has 6 nitrogen and oxygen atoms in total. The Kier molecular flexibility index (Phi) is 3.59. The number of amides is 1. The van der Waals surface area contributed by atoms with E-state index in [1.807, 2.05) is 0 Å². The highest BCUT2D eigenvalue weighted by atomic mass is 16.6. The van der Waals surface area contributed by atoms with Gasteiger partial charge < -0.3 is 4.90 Å². The molecule has 1 fully saturated rings. The first kappa shape index (κ1) is 13.2. The molecular formula is C13H14N2O4. The summed E-state index contributed by atoms with van der Waals surface area (Å²) in [5.74, 6) is -0.923. The van der Waals surface area contributed by atoms with Crippen LogP contribution < -0.4 is 4.90 Å². The maximum absolute atomic E-state index is 12.2. The van der Waals surface area contributed by atoms with Gasteiger partial charge in [-0.05, 0) is 31.9 Å². The number of nitro benzene ring substituents is 1. The average molecular weight is 262 g/mol. The molecule has 1 atom stereocenters. The Hall–Kier alpha value is -2.24. The van der Waals surface area contributed by atoms with Crippen molar-refractivity contribution in [2.24, 2.45) is 5.92 Å². The molecule has 1 aliphatic rings. The minimum Gasteiger partial charge on any atom is -0.312 e. The molecule has 0 saturated carbocycles. The summed E-state index contributed by atoms with van der Waals surface area (Å²) < 4.78 is 0. The SMILES string of the molecule is CC(=O)[C@@H]1CCCN(c2ccc([N+](=O)[O-])cc2)C1=O. The second-order valence-corrected chi connectivity index (χ2v) is 4.57. The number of carbonyl (C=O) groups is 2. The van der Waals surface area contributed by atoms with Crippen LogP contribution in [0.3, 0.4) is 0 Å². The maximum Gasteiger partial charge on any atom is 0.269 e. The van der Waals surface area contributed by atoms with E-state index in [4.69, 9.17) is 0 Å². The largest absolute Gasteiger partial charge is 0.312 e. The number of rotatable bonds is 3. The van der Waals surface area contributed by atoms with Crippen LogP contribution in [0.1, 0.15) is 19.8 Å². The van der Waals surface area contributed by atoms with E-state index in [1.54, 1.807) is 12.1 Å². The van der Waals surface area contributed by atoms with E-state index in [0.717, 1.165) is 6.42 Å². The summed E-state index contributed by atoms with van der Waals surface area (Å²) in [4.78, 5) is 35.2. The Morgan fingerprint density at radius 1 is 1.37 bits per heavy atom. The Labute approximate surface area is 110 Å². The smallest absolute Gasteiger partial charge is 0.269 e. The van der Waals surface area contributed by atoms with Crippen molar-refractivity contribution < 1.29 is 14.5 Å².